The highest BCUT2D eigenvalue weighted by Crippen LogP contribution is 2.41. The van der Waals surface area contributed by atoms with Crippen LogP contribution in [0.1, 0.15) is 41.0 Å². The van der Waals surface area contributed by atoms with Crippen molar-refractivity contribution in [3.63, 3.8) is 0 Å². The molecule has 0 unspecified atom stereocenters. The normalized spacial score (nSPS) is 43.0. The molecule has 1 aliphatic heterocycles. The Morgan fingerprint density at radius 2 is 1.67 bits per heavy atom. The molecule has 0 amide bonds. The molecule has 1 heterocycles. The first-order chi connectivity index (χ1) is 5.36. The van der Waals surface area contributed by atoms with E-state index in [2.05, 4.69) is 46.6 Å². The summed E-state index contributed by atoms with van der Waals surface area (Å²) in [6.07, 6.45) is 1.33. The van der Waals surface area contributed by atoms with Crippen molar-refractivity contribution in [2.45, 2.75) is 53.1 Å². The summed E-state index contributed by atoms with van der Waals surface area (Å²) in [7, 11) is 2.25. The zero-order valence-corrected chi connectivity index (χ0v) is 9.39. The van der Waals surface area contributed by atoms with E-state index in [1.54, 1.807) is 0 Å². The van der Waals surface area contributed by atoms with Gasteiger partial charge in [-0.25, -0.2) is 0 Å². The zero-order chi connectivity index (χ0) is 9.52. The minimum Gasteiger partial charge on any atom is -0.301 e. The van der Waals surface area contributed by atoms with Crippen LogP contribution in [0.3, 0.4) is 0 Å². The molecule has 12 heavy (non-hydrogen) atoms. The molecule has 1 aliphatic rings. The fraction of sp³-hybridized carbons (Fsp3) is 1.00. The van der Waals surface area contributed by atoms with Gasteiger partial charge in [-0.2, -0.15) is 0 Å². The Morgan fingerprint density at radius 3 is 2.17 bits per heavy atom. The lowest BCUT2D eigenvalue weighted by Crippen LogP contribution is -2.52. The Morgan fingerprint density at radius 1 is 1.17 bits per heavy atom. The highest BCUT2D eigenvalue weighted by atomic mass is 15.2. The fourth-order valence-corrected chi connectivity index (χ4v) is 2.50. The molecular weight excluding hydrogens is 146 g/mol. The number of likely N-dealkylation sites (tertiary alicyclic amines) is 1. The van der Waals surface area contributed by atoms with Crippen molar-refractivity contribution in [1.29, 1.82) is 0 Å². The smallest absolute Gasteiger partial charge is 0.00974 e. The lowest BCUT2D eigenvalue weighted by atomic mass is 9.68. The van der Waals surface area contributed by atoms with E-state index < -0.39 is 0 Å². The maximum absolute atomic E-state index is 2.51. The average molecular weight is 169 g/mol. The van der Waals surface area contributed by atoms with Crippen molar-refractivity contribution in [3.8, 4) is 0 Å². The lowest BCUT2D eigenvalue weighted by Gasteiger charge is -2.49. The van der Waals surface area contributed by atoms with Crippen LogP contribution in [-0.2, 0) is 0 Å². The summed E-state index contributed by atoms with van der Waals surface area (Å²) < 4.78 is 0. The maximum atomic E-state index is 2.51. The molecule has 0 saturated carbocycles. The lowest BCUT2D eigenvalue weighted by molar-refractivity contribution is -0.000785. The van der Waals surface area contributed by atoms with Gasteiger partial charge in [-0.05, 0) is 38.6 Å². The van der Waals surface area contributed by atoms with Gasteiger partial charge in [0, 0.05) is 12.1 Å². The number of hydrogen-bond acceptors (Lipinski definition) is 1. The molecule has 0 aromatic rings. The minimum atomic E-state index is 0.519. The van der Waals surface area contributed by atoms with Crippen LogP contribution in [-0.4, -0.2) is 24.0 Å². The zero-order valence-electron chi connectivity index (χ0n) is 9.39. The standard InChI is InChI=1S/C11H23N/c1-8-7-11(4,5)9(2)10(3)12(8)6/h8-10H,7H2,1-6H3/t8-,9+,10+/m0/s1. The van der Waals surface area contributed by atoms with Crippen molar-refractivity contribution < 1.29 is 0 Å². The van der Waals surface area contributed by atoms with Crippen LogP contribution in [0.4, 0.5) is 0 Å². The van der Waals surface area contributed by atoms with Crippen molar-refractivity contribution in [2.24, 2.45) is 11.3 Å². The Kier molecular flexibility index (Phi) is 2.53. The van der Waals surface area contributed by atoms with Gasteiger partial charge in [-0.15, -0.1) is 0 Å². The highest BCUT2D eigenvalue weighted by Gasteiger charge is 2.39. The van der Waals surface area contributed by atoms with Gasteiger partial charge in [0.15, 0.2) is 0 Å². The van der Waals surface area contributed by atoms with Gasteiger partial charge in [0.05, 0.1) is 0 Å². The highest BCUT2D eigenvalue weighted by molar-refractivity contribution is 4.92. The van der Waals surface area contributed by atoms with E-state index >= 15 is 0 Å². The van der Waals surface area contributed by atoms with E-state index in [1.807, 2.05) is 0 Å². The van der Waals surface area contributed by atoms with Crippen molar-refractivity contribution in [2.75, 3.05) is 7.05 Å². The van der Waals surface area contributed by atoms with E-state index in [9.17, 15) is 0 Å². The average Bonchev–Trinajstić information content (AvgIpc) is 1.97. The predicted molar refractivity (Wildman–Crippen MR) is 54.2 cm³/mol. The van der Waals surface area contributed by atoms with Gasteiger partial charge in [0.1, 0.15) is 0 Å². The number of hydrogen-bond donors (Lipinski definition) is 0. The molecule has 72 valence electrons. The molecular formula is C11H23N. The molecule has 3 atom stereocenters. The van der Waals surface area contributed by atoms with Gasteiger partial charge in [-0.3, -0.25) is 0 Å². The van der Waals surface area contributed by atoms with Gasteiger partial charge in [-0.1, -0.05) is 20.8 Å². The van der Waals surface area contributed by atoms with Crippen LogP contribution in [0.15, 0.2) is 0 Å². The maximum Gasteiger partial charge on any atom is 0.00974 e. The molecule has 0 N–H and O–H groups in total. The Balaban J connectivity index is 2.78. The van der Waals surface area contributed by atoms with Gasteiger partial charge in [0.2, 0.25) is 0 Å². The van der Waals surface area contributed by atoms with Crippen LogP contribution in [0.25, 0.3) is 0 Å². The summed E-state index contributed by atoms with van der Waals surface area (Å²) in [5.74, 6) is 0.804. The first kappa shape index (κ1) is 10.0. The van der Waals surface area contributed by atoms with Crippen LogP contribution in [0, 0.1) is 11.3 Å². The molecule has 1 nitrogen and oxygen atoms in total. The van der Waals surface area contributed by atoms with Gasteiger partial charge < -0.3 is 4.90 Å². The largest absolute Gasteiger partial charge is 0.301 e. The quantitative estimate of drug-likeness (QED) is 0.539. The molecule has 1 heteroatoms. The summed E-state index contributed by atoms with van der Waals surface area (Å²) in [4.78, 5) is 2.51. The number of nitrogens with zero attached hydrogens (tertiary/aromatic N) is 1. The molecule has 0 radical (unpaired) electrons. The molecule has 1 fully saturated rings. The van der Waals surface area contributed by atoms with E-state index in [4.69, 9.17) is 0 Å². The molecule has 0 aliphatic carbocycles. The Bertz CT molecular complexity index is 162. The van der Waals surface area contributed by atoms with E-state index in [-0.39, 0.29) is 0 Å². The summed E-state index contributed by atoms with van der Waals surface area (Å²) in [6, 6.07) is 1.47. The van der Waals surface area contributed by atoms with E-state index in [0.29, 0.717) is 5.41 Å². The van der Waals surface area contributed by atoms with Crippen LogP contribution < -0.4 is 0 Å². The molecule has 1 rings (SSSR count). The van der Waals surface area contributed by atoms with Crippen molar-refractivity contribution in [1.82, 2.24) is 4.90 Å². The first-order valence-corrected chi connectivity index (χ1v) is 5.08. The van der Waals surface area contributed by atoms with E-state index in [1.165, 1.54) is 6.42 Å². The first-order valence-electron chi connectivity index (χ1n) is 5.08. The van der Waals surface area contributed by atoms with Gasteiger partial charge in [0.25, 0.3) is 0 Å². The van der Waals surface area contributed by atoms with Crippen LogP contribution >= 0.6 is 0 Å². The van der Waals surface area contributed by atoms with E-state index in [0.717, 1.165) is 18.0 Å². The Labute approximate surface area is 77.1 Å². The summed E-state index contributed by atoms with van der Waals surface area (Å²) in [6.45, 7) is 11.9. The molecule has 0 bridgehead atoms. The monoisotopic (exact) mass is 169 g/mol. The third-order valence-corrected chi connectivity index (χ3v) is 4.12. The van der Waals surface area contributed by atoms with Crippen LogP contribution in [0.5, 0.6) is 0 Å². The molecule has 1 saturated heterocycles. The van der Waals surface area contributed by atoms with Crippen molar-refractivity contribution >= 4 is 0 Å². The minimum absolute atomic E-state index is 0.519. The topological polar surface area (TPSA) is 3.24 Å². The predicted octanol–water partition coefficient (Wildman–Crippen LogP) is 2.76. The second-order valence-electron chi connectivity index (χ2n) is 5.24. The number of piperidine rings is 1. The summed E-state index contributed by atoms with van der Waals surface area (Å²) >= 11 is 0. The van der Waals surface area contributed by atoms with Crippen molar-refractivity contribution in [3.05, 3.63) is 0 Å². The second-order valence-corrected chi connectivity index (χ2v) is 5.24. The molecule has 0 aromatic heterocycles. The van der Waals surface area contributed by atoms with Crippen LogP contribution in [0.2, 0.25) is 0 Å². The number of rotatable bonds is 0. The third-order valence-electron chi connectivity index (χ3n) is 4.12. The summed E-state index contributed by atoms with van der Waals surface area (Å²) in [5, 5.41) is 0. The van der Waals surface area contributed by atoms with Gasteiger partial charge >= 0.3 is 0 Å². The Hall–Kier alpha value is -0.0400. The fourth-order valence-electron chi connectivity index (χ4n) is 2.50. The molecule has 0 aromatic carbocycles. The third kappa shape index (κ3) is 1.52. The second kappa shape index (κ2) is 3.02. The molecule has 0 spiro atoms. The SMILES string of the molecule is C[C@@H]1[C@@H](C)C(C)(C)C[C@H](C)N1C. The summed E-state index contributed by atoms with van der Waals surface area (Å²) in [5.41, 5.74) is 0.519.